The van der Waals surface area contributed by atoms with Crippen LogP contribution in [-0.4, -0.2) is 23.3 Å². The van der Waals surface area contributed by atoms with Crippen LogP contribution in [0.3, 0.4) is 0 Å². The van der Waals surface area contributed by atoms with Crippen molar-refractivity contribution in [2.75, 3.05) is 11.9 Å². The number of alkyl halides is 3. The zero-order valence-corrected chi connectivity index (χ0v) is 17.5. The largest absolute Gasteiger partial charge is 0.494 e. The minimum atomic E-state index is -4.58. The molecule has 0 aliphatic heterocycles. The zero-order valence-electron chi connectivity index (χ0n) is 16.8. The number of benzene rings is 1. The Bertz CT molecular complexity index is 930. The summed E-state index contributed by atoms with van der Waals surface area (Å²) in [5, 5.41) is 2.25. The van der Waals surface area contributed by atoms with Gasteiger partial charge in [-0.1, -0.05) is 25.4 Å². The van der Waals surface area contributed by atoms with E-state index in [-0.39, 0.29) is 36.4 Å². The molecule has 9 heteroatoms. The van der Waals surface area contributed by atoms with Gasteiger partial charge >= 0.3 is 6.18 Å². The number of amides is 1. The van der Waals surface area contributed by atoms with Gasteiger partial charge in [-0.15, -0.1) is 0 Å². The normalized spacial score (nSPS) is 11.5. The van der Waals surface area contributed by atoms with E-state index in [0.717, 1.165) is 12.1 Å². The maximum absolute atomic E-state index is 12.9. The number of rotatable bonds is 8. The molecule has 1 heterocycles. The molecule has 5 nitrogen and oxygen atoms in total. The van der Waals surface area contributed by atoms with Gasteiger partial charge in [-0.3, -0.25) is 9.59 Å². The van der Waals surface area contributed by atoms with E-state index < -0.39 is 16.8 Å². The van der Waals surface area contributed by atoms with E-state index in [2.05, 4.69) is 10.3 Å². The highest BCUT2D eigenvalue weighted by Gasteiger charge is 2.33. The number of hydrogen-bond donors (Lipinski definition) is 1. The smallest absolute Gasteiger partial charge is 0.417 e. The molecule has 0 aliphatic carbocycles. The number of aryl methyl sites for hydroxylation is 1. The first-order valence-electron chi connectivity index (χ1n) is 9.29. The van der Waals surface area contributed by atoms with E-state index in [1.54, 1.807) is 26.8 Å². The minimum absolute atomic E-state index is 0.0256. The number of anilines is 1. The second kappa shape index (κ2) is 9.93. The summed E-state index contributed by atoms with van der Waals surface area (Å²) >= 11 is 5.57. The van der Waals surface area contributed by atoms with Gasteiger partial charge in [0, 0.05) is 23.6 Å². The van der Waals surface area contributed by atoms with Gasteiger partial charge in [0.25, 0.3) is 0 Å². The fourth-order valence-electron chi connectivity index (χ4n) is 2.54. The SMILES string of the molecule is Cc1cc(C(=O)CCCOc2ccc(Cl)c(C(F)(F)F)c2)cc(NC(=O)C(C)C)n1. The maximum Gasteiger partial charge on any atom is 0.417 e. The average Bonchev–Trinajstić information content (AvgIpc) is 2.64. The van der Waals surface area contributed by atoms with Crippen LogP contribution in [-0.2, 0) is 11.0 Å². The molecule has 0 spiro atoms. The molecule has 0 aliphatic rings. The van der Waals surface area contributed by atoms with Gasteiger partial charge < -0.3 is 10.1 Å². The predicted molar refractivity (Wildman–Crippen MR) is 108 cm³/mol. The molecule has 1 aromatic heterocycles. The number of ketones is 1. The minimum Gasteiger partial charge on any atom is -0.494 e. The number of halogens is 4. The standard InChI is InChI=1S/C21H22ClF3N2O3/c1-12(2)20(29)27-19-10-14(9-13(3)26-19)18(28)5-4-8-30-15-6-7-17(22)16(11-15)21(23,24)25/h6-7,9-12H,4-5,8H2,1-3H3,(H,26,27,29). The first-order chi connectivity index (χ1) is 14.0. The van der Waals surface area contributed by atoms with E-state index in [9.17, 15) is 22.8 Å². The van der Waals surface area contributed by atoms with Crippen LogP contribution < -0.4 is 10.1 Å². The van der Waals surface area contributed by atoms with Crippen LogP contribution in [0.25, 0.3) is 0 Å². The third-order valence-corrected chi connectivity index (χ3v) is 4.44. The highest BCUT2D eigenvalue weighted by atomic mass is 35.5. The number of nitrogens with zero attached hydrogens (tertiary/aromatic N) is 1. The highest BCUT2D eigenvalue weighted by Crippen LogP contribution is 2.36. The lowest BCUT2D eigenvalue weighted by molar-refractivity contribution is -0.137. The number of nitrogens with one attached hydrogen (secondary N) is 1. The Kier molecular flexibility index (Phi) is 7.83. The Morgan fingerprint density at radius 3 is 2.53 bits per heavy atom. The Morgan fingerprint density at radius 1 is 1.20 bits per heavy atom. The first-order valence-corrected chi connectivity index (χ1v) is 9.67. The van der Waals surface area contributed by atoms with Crippen molar-refractivity contribution in [2.45, 2.75) is 39.8 Å². The van der Waals surface area contributed by atoms with Crippen molar-refractivity contribution in [2.24, 2.45) is 5.92 Å². The lowest BCUT2D eigenvalue weighted by Crippen LogP contribution is -2.19. The quantitative estimate of drug-likeness (QED) is 0.420. The topological polar surface area (TPSA) is 68.3 Å². The fraction of sp³-hybridized carbons (Fsp3) is 0.381. The number of aromatic nitrogens is 1. The highest BCUT2D eigenvalue weighted by molar-refractivity contribution is 6.31. The number of carbonyl (C=O) groups excluding carboxylic acids is 2. The Hall–Kier alpha value is -2.61. The number of Topliss-reactive ketones (excluding diaryl/α,β-unsaturated/α-hetero) is 1. The molecular formula is C21H22ClF3N2O3. The number of pyridine rings is 1. The third-order valence-electron chi connectivity index (χ3n) is 4.11. The molecule has 1 aromatic carbocycles. The van der Waals surface area contributed by atoms with Crippen LogP contribution in [0.15, 0.2) is 30.3 Å². The number of ether oxygens (including phenoxy) is 1. The molecule has 0 saturated heterocycles. The van der Waals surface area contributed by atoms with Crippen molar-refractivity contribution in [3.63, 3.8) is 0 Å². The monoisotopic (exact) mass is 442 g/mol. The Morgan fingerprint density at radius 2 is 1.90 bits per heavy atom. The zero-order chi connectivity index (χ0) is 22.5. The number of carbonyl (C=O) groups is 2. The van der Waals surface area contributed by atoms with Crippen molar-refractivity contribution in [1.82, 2.24) is 4.98 Å². The fourth-order valence-corrected chi connectivity index (χ4v) is 2.77. The predicted octanol–water partition coefficient (Wildman–Crippen LogP) is 5.70. The molecule has 0 bridgehead atoms. The summed E-state index contributed by atoms with van der Waals surface area (Å²) in [7, 11) is 0. The molecule has 0 radical (unpaired) electrons. The lowest BCUT2D eigenvalue weighted by Gasteiger charge is -2.12. The summed E-state index contributed by atoms with van der Waals surface area (Å²) in [6, 6.07) is 6.42. The Labute approximate surface area is 177 Å². The lowest BCUT2D eigenvalue weighted by atomic mass is 10.1. The molecule has 0 atom stereocenters. The van der Waals surface area contributed by atoms with Crippen molar-refractivity contribution in [3.8, 4) is 5.75 Å². The molecule has 0 unspecified atom stereocenters. The van der Waals surface area contributed by atoms with Crippen LogP contribution in [0.4, 0.5) is 19.0 Å². The summed E-state index contributed by atoms with van der Waals surface area (Å²) < 4.78 is 44.0. The Balaban J connectivity index is 1.94. The van der Waals surface area contributed by atoms with E-state index in [4.69, 9.17) is 16.3 Å². The van der Waals surface area contributed by atoms with Crippen LogP contribution in [0.1, 0.15) is 48.3 Å². The molecule has 0 saturated carbocycles. The summed E-state index contributed by atoms with van der Waals surface area (Å²) in [4.78, 5) is 28.5. The molecule has 1 amide bonds. The van der Waals surface area contributed by atoms with Crippen molar-refractivity contribution >= 4 is 29.1 Å². The van der Waals surface area contributed by atoms with Crippen LogP contribution in [0.5, 0.6) is 5.75 Å². The third kappa shape index (κ3) is 6.73. The van der Waals surface area contributed by atoms with Gasteiger partial charge in [0.2, 0.25) is 5.91 Å². The second-order valence-corrected chi connectivity index (χ2v) is 7.45. The molecule has 2 aromatic rings. The van der Waals surface area contributed by atoms with E-state index >= 15 is 0 Å². The molecule has 1 N–H and O–H groups in total. The van der Waals surface area contributed by atoms with Crippen LogP contribution in [0, 0.1) is 12.8 Å². The van der Waals surface area contributed by atoms with E-state index in [0.29, 0.717) is 23.5 Å². The maximum atomic E-state index is 12.9. The second-order valence-electron chi connectivity index (χ2n) is 7.04. The van der Waals surface area contributed by atoms with Crippen molar-refractivity contribution in [3.05, 3.63) is 52.2 Å². The van der Waals surface area contributed by atoms with Crippen molar-refractivity contribution < 1.29 is 27.5 Å². The summed E-state index contributed by atoms with van der Waals surface area (Å²) in [5.41, 5.74) is 0.00499. The van der Waals surface area contributed by atoms with E-state index in [1.807, 2.05) is 0 Å². The van der Waals surface area contributed by atoms with Gasteiger partial charge in [-0.25, -0.2) is 4.98 Å². The summed E-state index contributed by atoms with van der Waals surface area (Å²) in [5.74, 6) is -0.293. The first kappa shape index (κ1) is 23.7. The molecule has 30 heavy (non-hydrogen) atoms. The molecular weight excluding hydrogens is 421 g/mol. The average molecular weight is 443 g/mol. The van der Waals surface area contributed by atoms with Gasteiger partial charge in [-0.2, -0.15) is 13.2 Å². The summed E-state index contributed by atoms with van der Waals surface area (Å²) in [6.07, 6.45) is -4.15. The number of hydrogen-bond acceptors (Lipinski definition) is 4. The van der Waals surface area contributed by atoms with Crippen molar-refractivity contribution in [1.29, 1.82) is 0 Å². The van der Waals surface area contributed by atoms with E-state index in [1.165, 1.54) is 12.1 Å². The summed E-state index contributed by atoms with van der Waals surface area (Å²) in [6.45, 7) is 5.26. The van der Waals surface area contributed by atoms with Gasteiger partial charge in [0.15, 0.2) is 5.78 Å². The van der Waals surface area contributed by atoms with Gasteiger partial charge in [0.1, 0.15) is 11.6 Å². The molecule has 0 fully saturated rings. The van der Waals surface area contributed by atoms with Gasteiger partial charge in [-0.05, 0) is 43.7 Å². The molecule has 162 valence electrons. The molecule has 2 rings (SSSR count). The van der Waals surface area contributed by atoms with Crippen LogP contribution >= 0.6 is 11.6 Å². The van der Waals surface area contributed by atoms with Gasteiger partial charge in [0.05, 0.1) is 17.2 Å². The van der Waals surface area contributed by atoms with Crippen LogP contribution in [0.2, 0.25) is 5.02 Å².